The third-order valence-electron chi connectivity index (χ3n) is 7.81. The fraction of sp³-hybridized carbons (Fsp3) is 0.838. The lowest BCUT2D eigenvalue weighted by Gasteiger charge is -2.19. The van der Waals surface area contributed by atoms with Crippen LogP contribution < -0.4 is 5.73 Å². The molecule has 0 aliphatic heterocycles. The number of hydrogen-bond donors (Lipinski definition) is 2. The molecule has 0 aromatic rings. The third-order valence-corrected chi connectivity index (χ3v) is 8.79. The van der Waals surface area contributed by atoms with Crippen molar-refractivity contribution in [2.75, 3.05) is 26.4 Å². The summed E-state index contributed by atoms with van der Waals surface area (Å²) < 4.78 is 32.6. The van der Waals surface area contributed by atoms with Gasteiger partial charge in [-0.05, 0) is 57.8 Å². The van der Waals surface area contributed by atoms with E-state index >= 15 is 0 Å². The van der Waals surface area contributed by atoms with Crippen molar-refractivity contribution < 1.29 is 37.6 Å². The van der Waals surface area contributed by atoms with Gasteiger partial charge in [-0.15, -0.1) is 0 Å². The van der Waals surface area contributed by atoms with Crippen LogP contribution in [0.2, 0.25) is 0 Å². The lowest BCUT2D eigenvalue weighted by atomic mass is 10.1. The van der Waals surface area contributed by atoms with Crippen LogP contribution in [0, 0.1) is 0 Å². The maximum atomic E-state index is 12.5. The van der Waals surface area contributed by atoms with Crippen LogP contribution in [0.1, 0.15) is 168 Å². The highest BCUT2D eigenvalue weighted by Gasteiger charge is 2.25. The molecule has 0 heterocycles. The number of phosphoric ester groups is 1. The molecule has 2 atom stereocenters. The molecule has 0 bridgehead atoms. The maximum absolute atomic E-state index is 12.5. The van der Waals surface area contributed by atoms with E-state index in [2.05, 4.69) is 38.2 Å². The smallest absolute Gasteiger partial charge is 0.462 e. The monoisotopic (exact) mass is 687 g/mol. The Labute approximate surface area is 287 Å². The van der Waals surface area contributed by atoms with Gasteiger partial charge in [0.2, 0.25) is 0 Å². The number of nitrogens with two attached hydrogens (primary N) is 1. The molecule has 10 heteroatoms. The van der Waals surface area contributed by atoms with Gasteiger partial charge < -0.3 is 20.1 Å². The van der Waals surface area contributed by atoms with Crippen LogP contribution in [0.15, 0.2) is 24.3 Å². The van der Waals surface area contributed by atoms with Crippen LogP contribution in [-0.4, -0.2) is 49.3 Å². The van der Waals surface area contributed by atoms with Crippen molar-refractivity contribution in [1.29, 1.82) is 0 Å². The van der Waals surface area contributed by atoms with Crippen molar-refractivity contribution in [3.63, 3.8) is 0 Å². The Bertz CT molecular complexity index is 835. The first-order chi connectivity index (χ1) is 22.8. The molecular formula is C37H70NO8P. The SMILES string of the molecule is CCCC/C=C\CCCCCCCC(=O)O[C@H](COC(=O)CCCCCCCCC/C=C\CCCCCC)COP(=O)(O)OCCN. The molecule has 0 radical (unpaired) electrons. The van der Waals surface area contributed by atoms with Crippen molar-refractivity contribution in [2.45, 2.75) is 174 Å². The van der Waals surface area contributed by atoms with Crippen LogP contribution in [0.4, 0.5) is 0 Å². The predicted molar refractivity (Wildman–Crippen MR) is 192 cm³/mol. The van der Waals surface area contributed by atoms with E-state index in [0.29, 0.717) is 6.42 Å². The van der Waals surface area contributed by atoms with Crippen LogP contribution in [0.25, 0.3) is 0 Å². The van der Waals surface area contributed by atoms with E-state index in [4.69, 9.17) is 24.3 Å². The van der Waals surface area contributed by atoms with Gasteiger partial charge in [0.25, 0.3) is 0 Å². The van der Waals surface area contributed by atoms with Crippen molar-refractivity contribution in [3.8, 4) is 0 Å². The molecule has 0 aliphatic rings. The molecule has 0 aromatic carbocycles. The second kappa shape index (κ2) is 34.4. The normalized spacial score (nSPS) is 13.7. The fourth-order valence-corrected chi connectivity index (χ4v) is 5.73. The summed E-state index contributed by atoms with van der Waals surface area (Å²) in [5.41, 5.74) is 5.32. The summed E-state index contributed by atoms with van der Waals surface area (Å²) in [4.78, 5) is 34.6. The first-order valence-corrected chi connectivity index (χ1v) is 20.3. The number of esters is 2. The topological polar surface area (TPSA) is 134 Å². The molecule has 0 saturated heterocycles. The number of ether oxygens (including phenoxy) is 2. The van der Waals surface area contributed by atoms with Crippen molar-refractivity contribution >= 4 is 19.8 Å². The zero-order valence-electron chi connectivity index (χ0n) is 30.0. The summed E-state index contributed by atoms with van der Waals surface area (Å²) in [5.74, 6) is -0.845. The van der Waals surface area contributed by atoms with Gasteiger partial charge >= 0.3 is 19.8 Å². The minimum absolute atomic E-state index is 0.0521. The van der Waals surface area contributed by atoms with Gasteiger partial charge in [0.05, 0.1) is 13.2 Å². The van der Waals surface area contributed by atoms with E-state index < -0.39 is 26.5 Å². The Kier molecular flexibility index (Phi) is 33.3. The third kappa shape index (κ3) is 34.2. The van der Waals surface area contributed by atoms with Crippen LogP contribution in [0.5, 0.6) is 0 Å². The number of phosphoric acid groups is 1. The molecule has 0 aliphatic carbocycles. The molecule has 0 saturated carbocycles. The van der Waals surface area contributed by atoms with Gasteiger partial charge in [0.1, 0.15) is 6.61 Å². The number of allylic oxidation sites excluding steroid dienone is 4. The van der Waals surface area contributed by atoms with E-state index in [1.54, 1.807) is 0 Å². The minimum Gasteiger partial charge on any atom is -0.462 e. The van der Waals surface area contributed by atoms with Crippen LogP contribution in [0.3, 0.4) is 0 Å². The highest BCUT2D eigenvalue weighted by atomic mass is 31.2. The Hall–Kier alpha value is -1.51. The first kappa shape index (κ1) is 45.5. The van der Waals surface area contributed by atoms with Gasteiger partial charge in [-0.3, -0.25) is 18.6 Å². The summed E-state index contributed by atoms with van der Waals surface area (Å²) >= 11 is 0. The molecule has 0 spiro atoms. The van der Waals surface area contributed by atoms with Crippen LogP contribution >= 0.6 is 7.82 Å². The summed E-state index contributed by atoms with van der Waals surface area (Å²) in [6, 6.07) is 0. The molecule has 0 fully saturated rings. The molecular weight excluding hydrogens is 617 g/mol. The largest absolute Gasteiger partial charge is 0.472 e. The average molecular weight is 688 g/mol. The molecule has 0 rings (SSSR count). The van der Waals surface area contributed by atoms with Gasteiger partial charge in [0.15, 0.2) is 6.10 Å². The van der Waals surface area contributed by atoms with Crippen molar-refractivity contribution in [3.05, 3.63) is 24.3 Å². The Morgan fingerprint density at radius 1 is 0.617 bits per heavy atom. The maximum Gasteiger partial charge on any atom is 0.472 e. The van der Waals surface area contributed by atoms with Gasteiger partial charge in [-0.25, -0.2) is 4.57 Å². The quantitative estimate of drug-likeness (QED) is 0.0289. The van der Waals surface area contributed by atoms with Crippen molar-refractivity contribution in [1.82, 2.24) is 0 Å². The molecule has 9 nitrogen and oxygen atoms in total. The lowest BCUT2D eigenvalue weighted by Crippen LogP contribution is -2.29. The number of rotatable bonds is 35. The fourth-order valence-electron chi connectivity index (χ4n) is 4.96. The molecule has 0 aromatic heterocycles. The van der Waals surface area contributed by atoms with Crippen molar-refractivity contribution in [2.24, 2.45) is 5.73 Å². The lowest BCUT2D eigenvalue weighted by molar-refractivity contribution is -0.161. The molecule has 1 unspecified atom stereocenters. The average Bonchev–Trinajstić information content (AvgIpc) is 3.05. The predicted octanol–water partition coefficient (Wildman–Crippen LogP) is 10.0. The highest BCUT2D eigenvalue weighted by Crippen LogP contribution is 2.43. The van der Waals surface area contributed by atoms with Gasteiger partial charge in [-0.1, -0.05) is 122 Å². The van der Waals surface area contributed by atoms with E-state index in [9.17, 15) is 19.0 Å². The summed E-state index contributed by atoms with van der Waals surface area (Å²) in [5, 5.41) is 0. The Balaban J connectivity index is 4.22. The zero-order valence-corrected chi connectivity index (χ0v) is 30.9. The zero-order chi connectivity index (χ0) is 34.7. The summed E-state index contributed by atoms with van der Waals surface area (Å²) in [6.45, 7) is 3.65. The van der Waals surface area contributed by atoms with Gasteiger partial charge in [-0.2, -0.15) is 0 Å². The second-order valence-corrected chi connectivity index (χ2v) is 13.9. The Morgan fingerprint density at radius 3 is 1.57 bits per heavy atom. The van der Waals surface area contributed by atoms with Gasteiger partial charge in [0, 0.05) is 19.4 Å². The number of unbranched alkanes of at least 4 members (excludes halogenated alkanes) is 18. The second-order valence-electron chi connectivity index (χ2n) is 12.4. The highest BCUT2D eigenvalue weighted by molar-refractivity contribution is 7.47. The molecule has 276 valence electrons. The van der Waals surface area contributed by atoms with E-state index in [-0.39, 0.29) is 38.6 Å². The molecule has 47 heavy (non-hydrogen) atoms. The number of carbonyl (C=O) groups is 2. The van der Waals surface area contributed by atoms with E-state index in [1.165, 1.54) is 64.2 Å². The standard InChI is InChI=1S/C37H70NO8P/c1-3-5-7-9-11-13-15-16-17-18-20-21-23-25-27-29-36(39)43-33-35(34-45-47(41,42)44-32-31-38)46-37(40)30-28-26-24-22-19-14-12-10-8-6-4-2/h10,12-13,15,35H,3-9,11,14,16-34,38H2,1-2H3,(H,41,42)/b12-10-,15-13-/t35-/m1/s1. The van der Waals surface area contributed by atoms with E-state index in [1.807, 2.05) is 0 Å². The Morgan fingerprint density at radius 2 is 1.06 bits per heavy atom. The molecule has 0 amide bonds. The number of hydrogen-bond acceptors (Lipinski definition) is 8. The minimum atomic E-state index is -4.37. The van der Waals surface area contributed by atoms with E-state index in [0.717, 1.165) is 70.6 Å². The molecule has 3 N–H and O–H groups in total. The van der Waals surface area contributed by atoms with Crippen LogP contribution in [-0.2, 0) is 32.7 Å². The summed E-state index contributed by atoms with van der Waals surface area (Å²) in [6.07, 6.45) is 33.5. The first-order valence-electron chi connectivity index (χ1n) is 18.8. The number of carbonyl (C=O) groups excluding carboxylic acids is 2. The summed E-state index contributed by atoms with van der Waals surface area (Å²) in [7, 11) is -4.37.